The van der Waals surface area contributed by atoms with Crippen molar-refractivity contribution in [3.63, 3.8) is 0 Å². The van der Waals surface area contributed by atoms with Crippen LogP contribution < -0.4 is 0 Å². The number of carbonyl (C=O) groups excluding carboxylic acids is 1. The van der Waals surface area contributed by atoms with Crippen LogP contribution in [-0.2, 0) is 0 Å². The first-order valence-corrected chi connectivity index (χ1v) is 6.67. The van der Waals surface area contributed by atoms with Crippen molar-refractivity contribution in [3.8, 4) is 0 Å². The van der Waals surface area contributed by atoms with Crippen LogP contribution in [0.3, 0.4) is 0 Å². The van der Waals surface area contributed by atoms with E-state index >= 15 is 0 Å². The molecule has 3 nitrogen and oxygen atoms in total. The van der Waals surface area contributed by atoms with E-state index in [4.69, 9.17) is 0 Å². The van der Waals surface area contributed by atoms with E-state index in [0.717, 1.165) is 31.2 Å². The third-order valence-corrected chi connectivity index (χ3v) is 3.11. The van der Waals surface area contributed by atoms with E-state index in [1.54, 1.807) is 12.4 Å². The Kier molecular flexibility index (Phi) is 4.78. The Hall–Kier alpha value is -2.03. The summed E-state index contributed by atoms with van der Waals surface area (Å²) in [7, 11) is 0. The van der Waals surface area contributed by atoms with E-state index in [2.05, 4.69) is 16.5 Å². The normalized spacial score (nSPS) is 10.5. The molecule has 0 N–H and O–H groups in total. The van der Waals surface area contributed by atoms with Crippen LogP contribution in [0, 0.1) is 0 Å². The van der Waals surface area contributed by atoms with Crippen LogP contribution in [0.15, 0.2) is 43.2 Å². The zero-order valence-electron chi connectivity index (χ0n) is 11.0. The summed E-state index contributed by atoms with van der Waals surface area (Å²) in [6.07, 6.45) is 9.88. The molecule has 2 rings (SSSR count). The molecule has 2 aromatic rings. The fourth-order valence-electron chi connectivity index (χ4n) is 2.10. The van der Waals surface area contributed by atoms with Crippen molar-refractivity contribution in [3.05, 3.63) is 48.8 Å². The average molecular weight is 254 g/mol. The minimum absolute atomic E-state index is 0.157. The Morgan fingerprint density at radius 2 is 2.00 bits per heavy atom. The molecule has 0 spiro atoms. The van der Waals surface area contributed by atoms with Gasteiger partial charge in [0.1, 0.15) is 0 Å². The monoisotopic (exact) mass is 254 g/mol. The van der Waals surface area contributed by atoms with Gasteiger partial charge in [-0.1, -0.05) is 18.6 Å². The maximum atomic E-state index is 12.2. The van der Waals surface area contributed by atoms with Crippen molar-refractivity contribution in [2.24, 2.45) is 0 Å². The highest BCUT2D eigenvalue weighted by molar-refractivity contribution is 6.05. The molecule has 0 radical (unpaired) electrons. The van der Waals surface area contributed by atoms with Crippen LogP contribution in [0.1, 0.15) is 42.5 Å². The van der Waals surface area contributed by atoms with E-state index in [1.807, 2.05) is 24.3 Å². The molecule has 0 saturated heterocycles. The van der Waals surface area contributed by atoms with Crippen molar-refractivity contribution in [1.29, 1.82) is 0 Å². The molecule has 3 heteroatoms. The van der Waals surface area contributed by atoms with Gasteiger partial charge < -0.3 is 0 Å². The number of rotatable bonds is 7. The summed E-state index contributed by atoms with van der Waals surface area (Å²) in [6, 6.07) is 5.58. The van der Waals surface area contributed by atoms with Gasteiger partial charge in [-0.3, -0.25) is 14.8 Å². The number of unbranched alkanes of at least 4 members (excludes halogenated alkanes) is 3. The summed E-state index contributed by atoms with van der Waals surface area (Å²) < 4.78 is 0. The molecule has 0 unspecified atom stereocenters. The summed E-state index contributed by atoms with van der Waals surface area (Å²) >= 11 is 0. The lowest BCUT2D eigenvalue weighted by Gasteiger charge is -2.04. The number of hydrogen-bond acceptors (Lipinski definition) is 3. The minimum Gasteiger partial charge on any atom is -0.294 e. The smallest absolute Gasteiger partial charge is 0.165 e. The number of para-hydroxylation sites is 1. The number of Topliss-reactive ketones (excluding diaryl/α,β-unsaturated/α-hetero) is 1. The molecule has 0 bridgehead atoms. The van der Waals surface area contributed by atoms with Gasteiger partial charge in [-0.05, 0) is 31.4 Å². The van der Waals surface area contributed by atoms with Crippen LogP contribution in [0.5, 0.6) is 0 Å². The van der Waals surface area contributed by atoms with Crippen molar-refractivity contribution in [1.82, 2.24) is 9.97 Å². The molecule has 0 atom stereocenters. The number of aromatic nitrogens is 2. The predicted molar refractivity (Wildman–Crippen MR) is 77.2 cm³/mol. The maximum Gasteiger partial charge on any atom is 0.165 e. The second-order valence-corrected chi connectivity index (χ2v) is 4.54. The molecule has 0 aliphatic carbocycles. The van der Waals surface area contributed by atoms with Crippen molar-refractivity contribution >= 4 is 16.8 Å². The van der Waals surface area contributed by atoms with Crippen molar-refractivity contribution < 1.29 is 4.79 Å². The Bertz CT molecular complexity index is 572. The minimum atomic E-state index is 0.157. The Morgan fingerprint density at radius 1 is 1.16 bits per heavy atom. The standard InChI is InChI=1S/C16H18N2O/c1-2-3-4-5-6-10-15(19)13-8-7-9-14-16(13)18-12-11-17-14/h2,7-9,11-12H,1,3-6,10H2. The van der Waals surface area contributed by atoms with Crippen LogP contribution in [0.4, 0.5) is 0 Å². The third-order valence-electron chi connectivity index (χ3n) is 3.11. The molecule has 0 fully saturated rings. The van der Waals surface area contributed by atoms with Gasteiger partial charge in [-0.25, -0.2) is 0 Å². The summed E-state index contributed by atoms with van der Waals surface area (Å²) in [5, 5.41) is 0. The molecule has 0 saturated carbocycles. The largest absolute Gasteiger partial charge is 0.294 e. The third kappa shape index (κ3) is 3.47. The van der Waals surface area contributed by atoms with Crippen LogP contribution >= 0.6 is 0 Å². The molecule has 19 heavy (non-hydrogen) atoms. The lowest BCUT2D eigenvalue weighted by atomic mass is 10.0. The Balaban J connectivity index is 2.03. The zero-order chi connectivity index (χ0) is 13.5. The van der Waals surface area contributed by atoms with E-state index in [1.165, 1.54) is 0 Å². The number of ketones is 1. The SMILES string of the molecule is C=CCCCCCC(=O)c1cccc2nccnc12. The summed E-state index contributed by atoms with van der Waals surface area (Å²) in [4.78, 5) is 20.7. The van der Waals surface area contributed by atoms with E-state index < -0.39 is 0 Å². The van der Waals surface area contributed by atoms with E-state index in [0.29, 0.717) is 17.5 Å². The van der Waals surface area contributed by atoms with E-state index in [9.17, 15) is 4.79 Å². The Labute approximate surface area is 113 Å². The highest BCUT2D eigenvalue weighted by Crippen LogP contribution is 2.17. The second-order valence-electron chi connectivity index (χ2n) is 4.54. The number of hydrogen-bond donors (Lipinski definition) is 0. The summed E-state index contributed by atoms with van der Waals surface area (Å²) in [6.45, 7) is 3.69. The van der Waals surface area contributed by atoms with Gasteiger partial charge in [0.15, 0.2) is 5.78 Å². The highest BCUT2D eigenvalue weighted by atomic mass is 16.1. The van der Waals surface area contributed by atoms with Gasteiger partial charge in [0, 0.05) is 24.4 Å². The lowest BCUT2D eigenvalue weighted by molar-refractivity contribution is 0.0980. The first-order valence-electron chi connectivity index (χ1n) is 6.67. The molecule has 0 amide bonds. The predicted octanol–water partition coefficient (Wildman–Crippen LogP) is 3.95. The van der Waals surface area contributed by atoms with Gasteiger partial charge in [0.25, 0.3) is 0 Å². The van der Waals surface area contributed by atoms with Gasteiger partial charge in [0.05, 0.1) is 11.0 Å². The molecule has 1 aromatic carbocycles. The Morgan fingerprint density at radius 3 is 2.84 bits per heavy atom. The van der Waals surface area contributed by atoms with Gasteiger partial charge >= 0.3 is 0 Å². The number of benzene rings is 1. The molecule has 0 aliphatic rings. The fourth-order valence-corrected chi connectivity index (χ4v) is 2.10. The van der Waals surface area contributed by atoms with E-state index in [-0.39, 0.29) is 5.78 Å². The molecule has 98 valence electrons. The summed E-state index contributed by atoms with van der Waals surface area (Å²) in [5.74, 6) is 0.157. The number of carbonyl (C=O) groups is 1. The first kappa shape index (κ1) is 13.4. The molecule has 1 heterocycles. The topological polar surface area (TPSA) is 42.9 Å². The second kappa shape index (κ2) is 6.78. The average Bonchev–Trinajstić information content (AvgIpc) is 2.46. The van der Waals surface area contributed by atoms with Crippen LogP contribution in [0.25, 0.3) is 11.0 Å². The van der Waals surface area contributed by atoms with Crippen molar-refractivity contribution in [2.75, 3.05) is 0 Å². The summed E-state index contributed by atoms with van der Waals surface area (Å²) in [5.41, 5.74) is 2.18. The van der Waals surface area contributed by atoms with Crippen molar-refractivity contribution in [2.45, 2.75) is 32.1 Å². The number of fused-ring (bicyclic) bond motifs is 1. The first-order chi connectivity index (χ1) is 9.33. The van der Waals surface area contributed by atoms with Gasteiger partial charge in [-0.2, -0.15) is 0 Å². The number of allylic oxidation sites excluding steroid dienone is 1. The molecule has 1 aromatic heterocycles. The molecular weight excluding hydrogens is 236 g/mol. The number of nitrogens with zero attached hydrogens (tertiary/aromatic N) is 2. The molecular formula is C16H18N2O. The lowest BCUT2D eigenvalue weighted by Crippen LogP contribution is -2.01. The van der Waals surface area contributed by atoms with Gasteiger partial charge in [-0.15, -0.1) is 6.58 Å². The quantitative estimate of drug-likeness (QED) is 0.427. The fraction of sp³-hybridized carbons (Fsp3) is 0.312. The van der Waals surface area contributed by atoms with Crippen LogP contribution in [0.2, 0.25) is 0 Å². The molecule has 0 aliphatic heterocycles. The maximum absolute atomic E-state index is 12.2. The van der Waals surface area contributed by atoms with Gasteiger partial charge in [0.2, 0.25) is 0 Å². The zero-order valence-corrected chi connectivity index (χ0v) is 11.0. The highest BCUT2D eigenvalue weighted by Gasteiger charge is 2.10. The van der Waals surface area contributed by atoms with Crippen LogP contribution in [-0.4, -0.2) is 15.8 Å².